The van der Waals surface area contributed by atoms with Crippen LogP contribution in [0.4, 0.5) is 0 Å². The monoisotopic (exact) mass is 184 g/mol. The van der Waals surface area contributed by atoms with Gasteiger partial charge in [-0.05, 0) is 13.3 Å². The lowest BCUT2D eigenvalue weighted by Gasteiger charge is -2.13. The molecule has 4 nitrogen and oxygen atoms in total. The molecule has 0 aliphatic rings. The molecule has 1 N–H and O–H groups in total. The van der Waals surface area contributed by atoms with Gasteiger partial charge >= 0.3 is 0 Å². The smallest absolute Gasteiger partial charge is 0.249 e. The van der Waals surface area contributed by atoms with Gasteiger partial charge in [0, 0.05) is 7.11 Å². The number of nitrogens with one attached hydrogen (secondary N) is 1. The van der Waals surface area contributed by atoms with Crippen molar-refractivity contribution in [1.29, 1.82) is 5.26 Å². The normalized spacial score (nSPS) is 14.3. The van der Waals surface area contributed by atoms with Gasteiger partial charge in [0.15, 0.2) is 0 Å². The molecule has 0 aromatic carbocycles. The van der Waals surface area contributed by atoms with Crippen LogP contribution in [0, 0.1) is 11.3 Å². The molecule has 0 radical (unpaired) electrons. The highest BCUT2D eigenvalue weighted by atomic mass is 16.5. The minimum Gasteiger partial charge on any atom is -0.372 e. The third kappa shape index (κ3) is 4.48. The molecule has 74 valence electrons. The van der Waals surface area contributed by atoms with Crippen LogP contribution in [0.5, 0.6) is 0 Å². The third-order valence-electron chi connectivity index (χ3n) is 1.77. The van der Waals surface area contributed by atoms with E-state index in [2.05, 4.69) is 5.32 Å². The zero-order chi connectivity index (χ0) is 10.3. The molecule has 0 heterocycles. The molecular formula is C9H16N2O2. The van der Waals surface area contributed by atoms with Crippen LogP contribution in [0.2, 0.25) is 0 Å². The van der Waals surface area contributed by atoms with Crippen molar-refractivity contribution in [3.8, 4) is 6.07 Å². The summed E-state index contributed by atoms with van der Waals surface area (Å²) in [6.45, 7) is 3.62. The van der Waals surface area contributed by atoms with Gasteiger partial charge in [0.05, 0.1) is 6.07 Å². The molecule has 2 unspecified atom stereocenters. The Labute approximate surface area is 78.9 Å². The Morgan fingerprint density at radius 1 is 1.69 bits per heavy atom. The Hall–Kier alpha value is -1.08. The topological polar surface area (TPSA) is 62.1 Å². The molecule has 0 rings (SSSR count). The van der Waals surface area contributed by atoms with Crippen LogP contribution < -0.4 is 5.32 Å². The number of carbonyl (C=O) groups excluding carboxylic acids is 1. The molecule has 0 saturated heterocycles. The fourth-order valence-electron chi connectivity index (χ4n) is 0.854. The summed E-state index contributed by atoms with van der Waals surface area (Å²) in [6.07, 6.45) is 1.06. The highest BCUT2D eigenvalue weighted by Gasteiger charge is 2.15. The van der Waals surface area contributed by atoms with Crippen LogP contribution in [0.25, 0.3) is 0 Å². The van der Waals surface area contributed by atoms with Gasteiger partial charge in [-0.2, -0.15) is 5.26 Å². The quantitative estimate of drug-likeness (QED) is 0.688. The van der Waals surface area contributed by atoms with E-state index >= 15 is 0 Å². The second kappa shape index (κ2) is 6.44. The average molecular weight is 184 g/mol. The van der Waals surface area contributed by atoms with Crippen molar-refractivity contribution < 1.29 is 9.53 Å². The highest BCUT2D eigenvalue weighted by molar-refractivity contribution is 5.80. The van der Waals surface area contributed by atoms with E-state index in [0.29, 0.717) is 6.42 Å². The van der Waals surface area contributed by atoms with Crippen LogP contribution in [0.3, 0.4) is 0 Å². The lowest BCUT2D eigenvalue weighted by Crippen LogP contribution is -2.40. The number of amides is 1. The van der Waals surface area contributed by atoms with E-state index in [0.717, 1.165) is 6.42 Å². The van der Waals surface area contributed by atoms with Gasteiger partial charge in [-0.1, -0.05) is 13.3 Å². The summed E-state index contributed by atoms with van der Waals surface area (Å²) in [5.41, 5.74) is 0. The van der Waals surface area contributed by atoms with Crippen molar-refractivity contribution in [1.82, 2.24) is 5.32 Å². The molecule has 2 atom stereocenters. The Morgan fingerprint density at radius 3 is 2.69 bits per heavy atom. The van der Waals surface area contributed by atoms with E-state index in [-0.39, 0.29) is 5.91 Å². The zero-order valence-corrected chi connectivity index (χ0v) is 8.33. The van der Waals surface area contributed by atoms with Crippen molar-refractivity contribution in [2.45, 2.75) is 38.8 Å². The number of nitrogens with zero attached hydrogens (tertiary/aromatic N) is 1. The van der Waals surface area contributed by atoms with Gasteiger partial charge < -0.3 is 10.1 Å². The number of methoxy groups -OCH3 is 1. The Bertz CT molecular complexity index is 198. The Kier molecular flexibility index (Phi) is 5.90. The van der Waals surface area contributed by atoms with E-state index in [1.807, 2.05) is 13.0 Å². The van der Waals surface area contributed by atoms with Crippen molar-refractivity contribution in [2.24, 2.45) is 0 Å². The Balaban J connectivity index is 3.95. The fraction of sp³-hybridized carbons (Fsp3) is 0.778. The minimum absolute atomic E-state index is 0.234. The summed E-state index contributed by atoms with van der Waals surface area (Å²) in [5.74, 6) is -0.234. The van der Waals surface area contributed by atoms with E-state index in [9.17, 15) is 4.79 Å². The van der Waals surface area contributed by atoms with E-state index in [4.69, 9.17) is 10.00 Å². The molecule has 0 aromatic heterocycles. The van der Waals surface area contributed by atoms with E-state index in [1.54, 1.807) is 6.92 Å². The van der Waals surface area contributed by atoms with Crippen LogP contribution in [0.15, 0.2) is 0 Å². The van der Waals surface area contributed by atoms with Crippen LogP contribution in [-0.4, -0.2) is 25.2 Å². The maximum atomic E-state index is 11.2. The molecule has 0 saturated carbocycles. The standard InChI is InChI=1S/C9H16N2O2/c1-4-5-8(6-10)11-9(12)7(2)13-3/h7-8H,4-5H2,1-3H3,(H,11,12). The number of nitriles is 1. The maximum Gasteiger partial charge on any atom is 0.249 e. The number of hydrogen-bond acceptors (Lipinski definition) is 3. The molecule has 4 heteroatoms. The number of hydrogen-bond donors (Lipinski definition) is 1. The average Bonchev–Trinajstić information content (AvgIpc) is 2.15. The molecule has 0 fully saturated rings. The second-order valence-corrected chi connectivity index (χ2v) is 2.86. The van der Waals surface area contributed by atoms with Crippen molar-refractivity contribution in [3.05, 3.63) is 0 Å². The first-order valence-corrected chi connectivity index (χ1v) is 4.38. The minimum atomic E-state index is -0.493. The first kappa shape index (κ1) is 11.9. The number of carbonyl (C=O) groups is 1. The lowest BCUT2D eigenvalue weighted by molar-refractivity contribution is -0.130. The van der Waals surface area contributed by atoms with Crippen LogP contribution >= 0.6 is 0 Å². The lowest BCUT2D eigenvalue weighted by atomic mass is 10.2. The van der Waals surface area contributed by atoms with Crippen LogP contribution in [-0.2, 0) is 9.53 Å². The van der Waals surface area contributed by atoms with Gasteiger partial charge in [0.25, 0.3) is 0 Å². The van der Waals surface area contributed by atoms with Crippen LogP contribution in [0.1, 0.15) is 26.7 Å². The molecular weight excluding hydrogens is 168 g/mol. The fourth-order valence-corrected chi connectivity index (χ4v) is 0.854. The number of rotatable bonds is 5. The zero-order valence-electron chi connectivity index (χ0n) is 8.33. The summed E-state index contributed by atoms with van der Waals surface area (Å²) in [5, 5.41) is 11.2. The van der Waals surface area contributed by atoms with Gasteiger partial charge in [0.1, 0.15) is 12.1 Å². The molecule has 0 bridgehead atoms. The third-order valence-corrected chi connectivity index (χ3v) is 1.77. The highest BCUT2D eigenvalue weighted by Crippen LogP contribution is 1.96. The first-order valence-electron chi connectivity index (χ1n) is 4.38. The molecule has 0 aromatic rings. The largest absolute Gasteiger partial charge is 0.372 e. The van der Waals surface area contributed by atoms with Crippen molar-refractivity contribution in [3.63, 3.8) is 0 Å². The molecule has 0 aliphatic heterocycles. The number of ether oxygens (including phenoxy) is 1. The first-order chi connectivity index (χ1) is 6.15. The molecule has 13 heavy (non-hydrogen) atoms. The molecule has 1 amide bonds. The summed E-state index contributed by atoms with van der Waals surface area (Å²) < 4.78 is 4.81. The summed E-state index contributed by atoms with van der Waals surface area (Å²) in [7, 11) is 1.46. The Morgan fingerprint density at radius 2 is 2.31 bits per heavy atom. The maximum absolute atomic E-state index is 11.2. The summed E-state index contributed by atoms with van der Waals surface area (Å²) in [4.78, 5) is 11.2. The van der Waals surface area contributed by atoms with Gasteiger partial charge in [-0.15, -0.1) is 0 Å². The van der Waals surface area contributed by atoms with Gasteiger partial charge in [-0.3, -0.25) is 4.79 Å². The predicted octanol–water partition coefficient (Wildman–Crippen LogP) is 0.830. The van der Waals surface area contributed by atoms with Gasteiger partial charge in [-0.25, -0.2) is 0 Å². The van der Waals surface area contributed by atoms with E-state index < -0.39 is 12.1 Å². The SMILES string of the molecule is CCCC(C#N)NC(=O)C(C)OC. The summed E-state index contributed by atoms with van der Waals surface area (Å²) in [6, 6.07) is 1.63. The van der Waals surface area contributed by atoms with E-state index in [1.165, 1.54) is 7.11 Å². The summed E-state index contributed by atoms with van der Waals surface area (Å²) >= 11 is 0. The second-order valence-electron chi connectivity index (χ2n) is 2.86. The van der Waals surface area contributed by atoms with Crippen molar-refractivity contribution in [2.75, 3.05) is 7.11 Å². The van der Waals surface area contributed by atoms with Crippen molar-refractivity contribution >= 4 is 5.91 Å². The molecule has 0 aliphatic carbocycles. The predicted molar refractivity (Wildman–Crippen MR) is 48.9 cm³/mol. The van der Waals surface area contributed by atoms with Gasteiger partial charge in [0.2, 0.25) is 5.91 Å². The molecule has 0 spiro atoms.